The lowest BCUT2D eigenvalue weighted by Crippen LogP contribution is -2.29. The minimum atomic E-state index is -4.52. The van der Waals surface area contributed by atoms with E-state index >= 15 is 0 Å². The first kappa shape index (κ1) is 31.1. The summed E-state index contributed by atoms with van der Waals surface area (Å²) in [6.45, 7) is 3.30. The van der Waals surface area contributed by atoms with Gasteiger partial charge in [0.15, 0.2) is 0 Å². The zero-order valence-electron chi connectivity index (χ0n) is 22.6. The van der Waals surface area contributed by atoms with Crippen molar-refractivity contribution >= 4 is 51.0 Å². The van der Waals surface area contributed by atoms with Gasteiger partial charge in [0, 0.05) is 22.5 Å². The van der Waals surface area contributed by atoms with Gasteiger partial charge in [-0.25, -0.2) is 13.8 Å². The first-order valence-electron chi connectivity index (χ1n) is 12.4. The molecule has 0 saturated heterocycles. The fourth-order valence-electron chi connectivity index (χ4n) is 4.42. The molecule has 1 amide bonds. The average molecular weight is 638 g/mol. The van der Waals surface area contributed by atoms with Gasteiger partial charge in [0.25, 0.3) is 5.91 Å². The fourth-order valence-corrected chi connectivity index (χ4v) is 5.76. The predicted molar refractivity (Wildman–Crippen MR) is 159 cm³/mol. The summed E-state index contributed by atoms with van der Waals surface area (Å²) in [5, 5.41) is 4.30. The van der Waals surface area contributed by atoms with Crippen molar-refractivity contribution in [2.75, 3.05) is 10.6 Å². The zero-order chi connectivity index (χ0) is 30.8. The molecule has 1 aromatic heterocycles. The number of hydrogen-bond acceptors (Lipinski definition) is 4. The van der Waals surface area contributed by atoms with E-state index in [1.165, 1.54) is 41.1 Å². The van der Waals surface area contributed by atoms with Crippen LogP contribution in [-0.2, 0) is 22.7 Å². The first-order chi connectivity index (χ1) is 19.7. The number of aromatic nitrogens is 1. The van der Waals surface area contributed by atoms with E-state index in [1.807, 2.05) is 0 Å². The number of carbonyl (C=O) groups excluding carboxylic acids is 1. The molecule has 4 rings (SSSR count). The summed E-state index contributed by atoms with van der Waals surface area (Å²) in [7, 11) is -3.72. The number of rotatable bonds is 8. The normalized spacial score (nSPS) is 12.1. The van der Waals surface area contributed by atoms with Gasteiger partial charge in [-0.15, -0.1) is 0 Å². The van der Waals surface area contributed by atoms with Crippen LogP contribution in [-0.4, -0.2) is 31.4 Å². The molecule has 0 radical (unpaired) electrons. The van der Waals surface area contributed by atoms with Crippen molar-refractivity contribution in [2.45, 2.75) is 26.6 Å². The lowest BCUT2D eigenvalue weighted by molar-refractivity contribution is -0.137. The topological polar surface area (TPSA) is 83.8 Å². The van der Waals surface area contributed by atoms with Gasteiger partial charge < -0.3 is 4.57 Å². The highest BCUT2D eigenvalue weighted by Crippen LogP contribution is 2.36. The number of aryl methyl sites for hydroxylation is 1. The number of nitrogens with zero attached hydrogens (tertiary/aromatic N) is 3. The monoisotopic (exact) mass is 636 g/mol. The predicted octanol–water partition coefficient (Wildman–Crippen LogP) is 7.15. The molecule has 0 saturated carbocycles. The maximum atomic E-state index is 13.6. The van der Waals surface area contributed by atoms with Crippen LogP contribution in [0.15, 0.2) is 77.9 Å². The maximum Gasteiger partial charge on any atom is 0.418 e. The molecular formula is C29H25Cl2F3N4O3S. The van der Waals surface area contributed by atoms with Crippen molar-refractivity contribution in [3.8, 4) is 5.69 Å². The van der Waals surface area contributed by atoms with Crippen molar-refractivity contribution < 1.29 is 26.4 Å². The van der Waals surface area contributed by atoms with Crippen molar-refractivity contribution in [2.24, 2.45) is 5.10 Å². The molecule has 7 nitrogen and oxygen atoms in total. The number of sulfonamides is 1. The standard InChI is InChI=1S/C29H25Cl2F3N4O3S/c1-18-15-22(19(2)38(18)25-9-5-4-7-23(25)29(32,33)34)16-35-36-28(39)21-13-11-20(12-14-21)17-37(42(3,40)41)26-10-6-8-24(30)27(26)31/h4-16H,17H2,1-3H3,(H,36,39)/b35-16-. The quantitative estimate of drug-likeness (QED) is 0.165. The van der Waals surface area contributed by atoms with Gasteiger partial charge in [-0.1, -0.05) is 53.5 Å². The van der Waals surface area contributed by atoms with E-state index < -0.39 is 27.7 Å². The van der Waals surface area contributed by atoms with Gasteiger partial charge in [-0.3, -0.25) is 9.10 Å². The number of nitrogens with one attached hydrogen (secondary N) is 1. The van der Waals surface area contributed by atoms with Crippen LogP contribution in [0.2, 0.25) is 10.0 Å². The lowest BCUT2D eigenvalue weighted by Gasteiger charge is -2.24. The minimum absolute atomic E-state index is 0.00385. The second-order valence-corrected chi connectivity index (χ2v) is 12.1. The van der Waals surface area contributed by atoms with Crippen molar-refractivity contribution in [1.29, 1.82) is 0 Å². The highest BCUT2D eigenvalue weighted by atomic mass is 35.5. The summed E-state index contributed by atoms with van der Waals surface area (Å²) in [5.41, 5.74) is 4.32. The molecule has 13 heteroatoms. The number of halogens is 5. The van der Waals surface area contributed by atoms with Crippen LogP contribution in [0.5, 0.6) is 0 Å². The fraction of sp³-hybridized carbons (Fsp3) is 0.172. The van der Waals surface area contributed by atoms with E-state index in [2.05, 4.69) is 10.5 Å². The van der Waals surface area contributed by atoms with Gasteiger partial charge in [0.1, 0.15) is 0 Å². The third kappa shape index (κ3) is 6.80. The Morgan fingerprint density at radius 3 is 2.33 bits per heavy atom. The van der Waals surface area contributed by atoms with Crippen molar-refractivity contribution in [1.82, 2.24) is 9.99 Å². The molecule has 0 unspecified atom stereocenters. The molecule has 42 heavy (non-hydrogen) atoms. The minimum Gasteiger partial charge on any atom is -0.317 e. The Morgan fingerprint density at radius 1 is 1.02 bits per heavy atom. The summed E-state index contributed by atoms with van der Waals surface area (Å²) in [6, 6.07) is 17.9. The van der Waals surface area contributed by atoms with Gasteiger partial charge in [-0.2, -0.15) is 18.3 Å². The van der Waals surface area contributed by atoms with Crippen LogP contribution in [0.3, 0.4) is 0 Å². The molecular weight excluding hydrogens is 612 g/mol. The van der Waals surface area contributed by atoms with Crippen LogP contribution >= 0.6 is 23.2 Å². The highest BCUT2D eigenvalue weighted by Gasteiger charge is 2.34. The molecule has 0 fully saturated rings. The van der Waals surface area contributed by atoms with Crippen molar-refractivity contribution in [3.63, 3.8) is 0 Å². The highest BCUT2D eigenvalue weighted by molar-refractivity contribution is 7.92. The molecule has 0 bridgehead atoms. The van der Waals surface area contributed by atoms with Crippen LogP contribution in [0, 0.1) is 13.8 Å². The number of benzene rings is 3. The second kappa shape index (κ2) is 12.2. The largest absolute Gasteiger partial charge is 0.418 e. The third-order valence-electron chi connectivity index (χ3n) is 6.43. The van der Waals surface area contributed by atoms with Crippen LogP contribution in [0.1, 0.15) is 38.4 Å². The Labute approximate surface area is 251 Å². The lowest BCUT2D eigenvalue weighted by atomic mass is 10.1. The Kier molecular flexibility index (Phi) is 9.05. The van der Waals surface area contributed by atoms with Gasteiger partial charge in [0.2, 0.25) is 10.0 Å². The van der Waals surface area contributed by atoms with E-state index in [0.29, 0.717) is 22.5 Å². The number of carbonyl (C=O) groups is 1. The van der Waals surface area contributed by atoms with Crippen LogP contribution < -0.4 is 9.73 Å². The molecule has 0 atom stereocenters. The number of hydrogen-bond donors (Lipinski definition) is 1. The molecule has 3 aromatic carbocycles. The van der Waals surface area contributed by atoms with Gasteiger partial charge >= 0.3 is 6.18 Å². The van der Waals surface area contributed by atoms with E-state index in [-0.39, 0.29) is 33.5 Å². The van der Waals surface area contributed by atoms with Crippen LogP contribution in [0.4, 0.5) is 18.9 Å². The van der Waals surface area contributed by atoms with E-state index in [0.717, 1.165) is 16.6 Å². The molecule has 0 aliphatic carbocycles. The summed E-state index contributed by atoms with van der Waals surface area (Å²) < 4.78 is 68.3. The van der Waals surface area contributed by atoms with E-state index in [1.54, 1.807) is 50.2 Å². The summed E-state index contributed by atoms with van der Waals surface area (Å²) >= 11 is 12.3. The maximum absolute atomic E-state index is 13.6. The number of anilines is 1. The molecule has 1 N–H and O–H groups in total. The third-order valence-corrected chi connectivity index (χ3v) is 8.37. The number of amides is 1. The Hall–Kier alpha value is -3.80. The SMILES string of the molecule is Cc1cc(/C=N\NC(=O)c2ccc(CN(c3cccc(Cl)c3Cl)S(C)(=O)=O)cc2)c(C)n1-c1ccccc1C(F)(F)F. The molecule has 220 valence electrons. The average Bonchev–Trinajstić information content (AvgIpc) is 3.20. The summed E-state index contributed by atoms with van der Waals surface area (Å²) in [4.78, 5) is 12.7. The van der Waals surface area contributed by atoms with Gasteiger partial charge in [-0.05, 0) is 61.9 Å². The molecule has 0 aliphatic rings. The smallest absolute Gasteiger partial charge is 0.317 e. The first-order valence-corrected chi connectivity index (χ1v) is 15.0. The van der Waals surface area contributed by atoms with E-state index in [4.69, 9.17) is 23.2 Å². The zero-order valence-corrected chi connectivity index (χ0v) is 24.9. The van der Waals surface area contributed by atoms with Gasteiger partial charge in [0.05, 0.1) is 46.0 Å². The van der Waals surface area contributed by atoms with Crippen LogP contribution in [0.25, 0.3) is 5.69 Å². The Bertz CT molecular complexity index is 1770. The molecule has 1 heterocycles. The molecule has 0 aliphatic heterocycles. The van der Waals surface area contributed by atoms with E-state index in [9.17, 15) is 26.4 Å². The Morgan fingerprint density at radius 2 is 1.69 bits per heavy atom. The van der Waals surface area contributed by atoms with Crippen molar-refractivity contribution in [3.05, 3.63) is 116 Å². The summed E-state index contributed by atoms with van der Waals surface area (Å²) in [6.07, 6.45) is -2.11. The molecule has 0 spiro atoms. The number of alkyl halides is 3. The number of para-hydroxylation sites is 1. The second-order valence-electron chi connectivity index (χ2n) is 9.42. The number of hydrazone groups is 1. The Balaban J connectivity index is 1.48. The summed E-state index contributed by atoms with van der Waals surface area (Å²) in [5.74, 6) is -0.535. The molecule has 4 aromatic rings.